The molecule has 1 rings (SSSR count). The second-order valence-electron chi connectivity index (χ2n) is 4.38. The van der Waals surface area contributed by atoms with Crippen LogP contribution in [0.25, 0.3) is 0 Å². The van der Waals surface area contributed by atoms with E-state index in [-0.39, 0.29) is 0 Å². The van der Waals surface area contributed by atoms with E-state index in [2.05, 4.69) is 17.7 Å². The minimum Gasteiger partial charge on any atom is -0.387 e. The van der Waals surface area contributed by atoms with Gasteiger partial charge < -0.3 is 35.0 Å². The van der Waals surface area contributed by atoms with E-state index in [9.17, 15) is 23.7 Å². The molecule has 6 N–H and O–H groups in total. The number of phosphoric acid groups is 3. The van der Waals surface area contributed by atoms with Crippen LogP contribution in [0.5, 0.6) is 0 Å². The summed E-state index contributed by atoms with van der Waals surface area (Å²) >= 11 is 0. The zero-order valence-corrected chi connectivity index (χ0v) is 15.1. The topological polar surface area (TPSA) is 214 Å². The Morgan fingerprint density at radius 1 is 1.04 bits per heavy atom. The molecular formula is C7H18NO13P3. The lowest BCUT2D eigenvalue weighted by molar-refractivity contribution is -0.0197. The Morgan fingerprint density at radius 3 is 2.04 bits per heavy atom. The summed E-state index contributed by atoms with van der Waals surface area (Å²) in [7, 11) is -13.8. The lowest BCUT2D eigenvalue weighted by Gasteiger charge is -2.19. The summed E-state index contributed by atoms with van der Waals surface area (Å²) in [5.41, 5.74) is 5.49. The lowest BCUT2D eigenvalue weighted by atomic mass is 10.1. The number of ether oxygens (including phenoxy) is 2. The van der Waals surface area contributed by atoms with Gasteiger partial charge in [0, 0.05) is 14.2 Å². The van der Waals surface area contributed by atoms with E-state index < -0.39 is 54.6 Å². The van der Waals surface area contributed by atoms with Crippen molar-refractivity contribution in [1.82, 2.24) is 0 Å². The molecule has 0 saturated carbocycles. The van der Waals surface area contributed by atoms with Crippen molar-refractivity contribution in [3.8, 4) is 0 Å². The molecule has 17 heteroatoms. The number of aliphatic hydroxyl groups is 1. The lowest BCUT2D eigenvalue weighted by Crippen LogP contribution is -2.38. The van der Waals surface area contributed by atoms with Crippen molar-refractivity contribution in [3.05, 3.63) is 0 Å². The molecule has 1 heterocycles. The number of methoxy groups -OCH3 is 1. The van der Waals surface area contributed by atoms with Gasteiger partial charge in [-0.1, -0.05) is 0 Å². The molecule has 0 aliphatic carbocycles. The Bertz CT molecular complexity index is 570. The van der Waals surface area contributed by atoms with E-state index in [1.54, 1.807) is 0 Å². The SMILES string of the molecule is CO[C@H]1[C@@H](O)[C@@H](COP(=O)(O)OP(=O)(O)OP(=O)(O)OC)O[C@H]1N. The van der Waals surface area contributed by atoms with Gasteiger partial charge >= 0.3 is 23.5 Å². The van der Waals surface area contributed by atoms with Gasteiger partial charge in [0.2, 0.25) is 0 Å². The summed E-state index contributed by atoms with van der Waals surface area (Å²) in [4.78, 5) is 27.4. The molecule has 0 bridgehead atoms. The minimum atomic E-state index is -5.49. The first kappa shape index (κ1) is 22.3. The minimum absolute atomic E-state index is 0.685. The fourth-order valence-electron chi connectivity index (χ4n) is 1.68. The Kier molecular flexibility index (Phi) is 7.70. The first-order valence-electron chi connectivity index (χ1n) is 6.06. The number of phosphoric ester groups is 2. The van der Waals surface area contributed by atoms with E-state index in [1.807, 2.05) is 0 Å². The predicted molar refractivity (Wildman–Crippen MR) is 74.3 cm³/mol. The van der Waals surface area contributed by atoms with Gasteiger partial charge in [0.05, 0.1) is 6.61 Å². The van der Waals surface area contributed by atoms with Crippen LogP contribution in [-0.2, 0) is 40.8 Å². The van der Waals surface area contributed by atoms with Crippen LogP contribution < -0.4 is 5.73 Å². The van der Waals surface area contributed by atoms with Crippen LogP contribution >= 0.6 is 23.5 Å². The standard InChI is InChI=1S/C7H18NO13P3/c1-16-6-5(9)4(19-7(6)8)3-18-23(12,13)21-24(14,15)20-22(10,11)17-2/h4-7,9H,3,8H2,1-2H3,(H,10,11)(H,12,13)(H,14,15)/t4-,5+,6+,7-/m1/s1. The van der Waals surface area contributed by atoms with Gasteiger partial charge in [-0.2, -0.15) is 8.62 Å². The summed E-state index contributed by atoms with van der Waals surface area (Å²) in [6.45, 7) is -0.774. The smallest absolute Gasteiger partial charge is 0.387 e. The Morgan fingerprint density at radius 2 is 1.58 bits per heavy atom. The number of rotatable bonds is 9. The largest absolute Gasteiger partial charge is 0.490 e. The highest BCUT2D eigenvalue weighted by Gasteiger charge is 2.45. The van der Waals surface area contributed by atoms with Crippen molar-refractivity contribution in [2.45, 2.75) is 24.5 Å². The normalized spacial score (nSPS) is 35.1. The van der Waals surface area contributed by atoms with Crippen LogP contribution in [-0.4, -0.2) is 65.2 Å². The van der Waals surface area contributed by atoms with Crippen molar-refractivity contribution in [2.24, 2.45) is 5.73 Å². The molecule has 24 heavy (non-hydrogen) atoms. The average molecular weight is 417 g/mol. The monoisotopic (exact) mass is 417 g/mol. The van der Waals surface area contributed by atoms with Gasteiger partial charge in [-0.3, -0.25) is 9.05 Å². The highest BCUT2D eigenvalue weighted by molar-refractivity contribution is 7.66. The van der Waals surface area contributed by atoms with Crippen molar-refractivity contribution in [3.63, 3.8) is 0 Å². The summed E-state index contributed by atoms with van der Waals surface area (Å²) < 4.78 is 59.6. The van der Waals surface area contributed by atoms with Crippen molar-refractivity contribution in [2.75, 3.05) is 20.8 Å². The molecule has 0 aromatic carbocycles. The molecular weight excluding hydrogens is 399 g/mol. The zero-order valence-electron chi connectivity index (χ0n) is 12.4. The van der Waals surface area contributed by atoms with E-state index in [4.69, 9.17) is 25.0 Å². The fourth-order valence-corrected chi connectivity index (χ4v) is 4.94. The first-order valence-corrected chi connectivity index (χ1v) is 10.5. The molecule has 0 amide bonds. The number of nitrogens with two attached hydrogens (primary N) is 1. The van der Waals surface area contributed by atoms with E-state index in [1.165, 1.54) is 7.11 Å². The maximum absolute atomic E-state index is 11.6. The third-order valence-corrected chi connectivity index (χ3v) is 6.93. The van der Waals surface area contributed by atoms with Crippen LogP contribution in [0, 0.1) is 0 Å². The molecule has 1 fully saturated rings. The van der Waals surface area contributed by atoms with Crippen molar-refractivity contribution < 1.29 is 60.6 Å². The highest BCUT2D eigenvalue weighted by atomic mass is 31.3. The molecule has 144 valence electrons. The molecule has 0 radical (unpaired) electrons. The Hall–Kier alpha value is 0.250. The molecule has 1 saturated heterocycles. The zero-order chi connectivity index (χ0) is 18.8. The highest BCUT2D eigenvalue weighted by Crippen LogP contribution is 2.67. The molecule has 7 atom stereocenters. The maximum atomic E-state index is 11.6. The molecule has 1 aliphatic rings. The molecule has 3 unspecified atom stereocenters. The van der Waals surface area contributed by atoms with E-state index >= 15 is 0 Å². The van der Waals surface area contributed by atoms with Crippen LogP contribution in [0.2, 0.25) is 0 Å². The third kappa shape index (κ3) is 6.52. The Labute approximate surface area is 136 Å². The quantitative estimate of drug-likeness (QED) is 0.286. The third-order valence-electron chi connectivity index (χ3n) is 2.69. The predicted octanol–water partition coefficient (Wildman–Crippen LogP) is -0.957. The maximum Gasteiger partial charge on any atom is 0.490 e. The van der Waals surface area contributed by atoms with Gasteiger partial charge in [0.15, 0.2) is 0 Å². The van der Waals surface area contributed by atoms with Crippen molar-refractivity contribution in [1.29, 1.82) is 0 Å². The number of aliphatic hydroxyl groups excluding tert-OH is 1. The van der Waals surface area contributed by atoms with E-state index in [0.29, 0.717) is 7.11 Å². The second-order valence-corrected chi connectivity index (χ2v) is 9.12. The van der Waals surface area contributed by atoms with Crippen LogP contribution in [0.15, 0.2) is 0 Å². The van der Waals surface area contributed by atoms with Gasteiger partial charge in [-0.25, -0.2) is 13.7 Å². The van der Waals surface area contributed by atoms with Crippen LogP contribution in [0.3, 0.4) is 0 Å². The number of hydrogen-bond donors (Lipinski definition) is 5. The molecule has 0 aromatic heterocycles. The van der Waals surface area contributed by atoms with Gasteiger partial charge in [0.1, 0.15) is 24.5 Å². The molecule has 1 aliphatic heterocycles. The second kappa shape index (κ2) is 8.30. The Balaban J connectivity index is 2.63. The molecule has 0 aromatic rings. The summed E-state index contributed by atoms with van der Waals surface area (Å²) in [5.74, 6) is 0. The first-order chi connectivity index (χ1) is 10.8. The van der Waals surface area contributed by atoms with Crippen molar-refractivity contribution >= 4 is 23.5 Å². The molecule has 0 spiro atoms. The fraction of sp³-hybridized carbons (Fsp3) is 1.00. The van der Waals surface area contributed by atoms with Gasteiger partial charge in [-0.05, 0) is 0 Å². The van der Waals surface area contributed by atoms with Gasteiger partial charge in [-0.15, -0.1) is 0 Å². The average Bonchev–Trinajstić information content (AvgIpc) is 2.68. The summed E-state index contributed by atoms with van der Waals surface area (Å²) in [5, 5.41) is 9.80. The van der Waals surface area contributed by atoms with E-state index in [0.717, 1.165) is 0 Å². The number of hydrogen-bond acceptors (Lipinski definition) is 11. The van der Waals surface area contributed by atoms with Crippen LogP contribution in [0.4, 0.5) is 0 Å². The van der Waals surface area contributed by atoms with Crippen LogP contribution in [0.1, 0.15) is 0 Å². The van der Waals surface area contributed by atoms with Gasteiger partial charge in [0.25, 0.3) is 0 Å². The summed E-state index contributed by atoms with van der Waals surface area (Å²) in [6, 6.07) is 0. The molecule has 14 nitrogen and oxygen atoms in total. The summed E-state index contributed by atoms with van der Waals surface area (Å²) in [6.07, 6.45) is -4.47.